The van der Waals surface area contributed by atoms with Gasteiger partial charge in [0.2, 0.25) is 5.91 Å². The molecule has 0 heterocycles. The van der Waals surface area contributed by atoms with Gasteiger partial charge in [0.1, 0.15) is 10.7 Å². The fourth-order valence-electron chi connectivity index (χ4n) is 3.59. The van der Waals surface area contributed by atoms with Crippen LogP contribution in [0.5, 0.6) is 11.5 Å². The number of benzene rings is 3. The van der Waals surface area contributed by atoms with E-state index in [0.29, 0.717) is 17.7 Å². The number of carbonyl (C=O) groups excluding carboxylic acids is 2. The molecular formula is C27H29FN2O6S. The lowest BCUT2D eigenvalue weighted by Crippen LogP contribution is -2.37. The third-order valence-electron chi connectivity index (χ3n) is 5.70. The standard InChI is InChI=1S/C27H29FN2O6S/c1-5-18(2)30(27(32)21-7-6-8-22(28)16-21)17-20-9-14-25(35-4)26(15-20)36-37(33,34)24-12-10-23(11-13-24)29-19(3)31/h6-16,18H,5,17H2,1-4H3,(H,29,31)/t18-/m0/s1. The molecule has 0 aliphatic carbocycles. The number of rotatable bonds is 10. The second-order valence-electron chi connectivity index (χ2n) is 8.43. The Morgan fingerprint density at radius 3 is 2.32 bits per heavy atom. The number of nitrogens with one attached hydrogen (secondary N) is 1. The molecule has 0 saturated heterocycles. The van der Waals surface area contributed by atoms with Crippen molar-refractivity contribution in [2.45, 2.75) is 44.7 Å². The van der Waals surface area contributed by atoms with Crippen LogP contribution in [0.2, 0.25) is 0 Å². The molecule has 3 rings (SSSR count). The van der Waals surface area contributed by atoms with Gasteiger partial charge in [-0.1, -0.05) is 19.1 Å². The smallest absolute Gasteiger partial charge is 0.339 e. The molecule has 10 heteroatoms. The highest BCUT2D eigenvalue weighted by Gasteiger charge is 2.24. The maximum atomic E-state index is 13.7. The monoisotopic (exact) mass is 528 g/mol. The van der Waals surface area contributed by atoms with E-state index in [1.807, 2.05) is 13.8 Å². The molecule has 0 unspecified atom stereocenters. The summed E-state index contributed by atoms with van der Waals surface area (Å²) < 4.78 is 50.3. The molecule has 3 aromatic rings. The Bertz CT molecular complexity index is 1380. The minimum atomic E-state index is -4.24. The molecular weight excluding hydrogens is 499 g/mol. The van der Waals surface area contributed by atoms with E-state index in [1.165, 1.54) is 62.6 Å². The van der Waals surface area contributed by atoms with Crippen molar-refractivity contribution in [3.8, 4) is 11.5 Å². The third kappa shape index (κ3) is 7.07. The summed E-state index contributed by atoms with van der Waals surface area (Å²) in [6.45, 7) is 5.30. The van der Waals surface area contributed by atoms with E-state index in [9.17, 15) is 22.4 Å². The first-order chi connectivity index (χ1) is 17.5. The summed E-state index contributed by atoms with van der Waals surface area (Å²) in [6, 6.07) is 15.6. The van der Waals surface area contributed by atoms with Crippen LogP contribution < -0.4 is 14.2 Å². The van der Waals surface area contributed by atoms with Crippen molar-refractivity contribution in [3.05, 3.63) is 83.7 Å². The highest BCUT2D eigenvalue weighted by molar-refractivity contribution is 7.87. The first-order valence-corrected chi connectivity index (χ1v) is 13.0. The summed E-state index contributed by atoms with van der Waals surface area (Å²) in [5, 5.41) is 2.57. The van der Waals surface area contributed by atoms with Crippen LogP contribution in [0.25, 0.3) is 0 Å². The zero-order chi connectivity index (χ0) is 27.2. The summed E-state index contributed by atoms with van der Waals surface area (Å²) in [4.78, 5) is 25.9. The molecule has 1 N–H and O–H groups in total. The van der Waals surface area contributed by atoms with Gasteiger partial charge in [-0.3, -0.25) is 9.59 Å². The largest absolute Gasteiger partial charge is 0.493 e. The molecule has 3 aromatic carbocycles. The zero-order valence-corrected chi connectivity index (χ0v) is 21.8. The van der Waals surface area contributed by atoms with Crippen LogP contribution in [0.15, 0.2) is 71.6 Å². The molecule has 0 aromatic heterocycles. The summed E-state index contributed by atoms with van der Waals surface area (Å²) in [6.07, 6.45) is 0.656. The van der Waals surface area contributed by atoms with Crippen molar-refractivity contribution >= 4 is 27.6 Å². The van der Waals surface area contributed by atoms with Crippen LogP contribution in [0.1, 0.15) is 43.1 Å². The molecule has 0 spiro atoms. The summed E-state index contributed by atoms with van der Waals surface area (Å²) >= 11 is 0. The molecule has 0 radical (unpaired) electrons. The maximum Gasteiger partial charge on any atom is 0.339 e. The van der Waals surface area contributed by atoms with Gasteiger partial charge < -0.3 is 19.1 Å². The highest BCUT2D eigenvalue weighted by atomic mass is 32.2. The Balaban J connectivity index is 1.89. The summed E-state index contributed by atoms with van der Waals surface area (Å²) in [5.74, 6) is -0.998. The van der Waals surface area contributed by atoms with E-state index < -0.39 is 15.9 Å². The van der Waals surface area contributed by atoms with Crippen LogP contribution in [0, 0.1) is 5.82 Å². The number of hydrogen-bond acceptors (Lipinski definition) is 6. The lowest BCUT2D eigenvalue weighted by Gasteiger charge is -2.29. The number of nitrogens with zero attached hydrogens (tertiary/aromatic N) is 1. The molecule has 8 nitrogen and oxygen atoms in total. The van der Waals surface area contributed by atoms with Gasteiger partial charge in [-0.05, 0) is 73.5 Å². The van der Waals surface area contributed by atoms with Crippen molar-refractivity contribution < 1.29 is 31.3 Å². The summed E-state index contributed by atoms with van der Waals surface area (Å²) in [7, 11) is -2.85. The molecule has 37 heavy (non-hydrogen) atoms. The highest BCUT2D eigenvalue weighted by Crippen LogP contribution is 2.32. The number of hydrogen-bond donors (Lipinski definition) is 1. The predicted molar refractivity (Wildman–Crippen MR) is 138 cm³/mol. The second-order valence-corrected chi connectivity index (χ2v) is 9.98. The van der Waals surface area contributed by atoms with Crippen LogP contribution in [0.3, 0.4) is 0 Å². The average molecular weight is 529 g/mol. The van der Waals surface area contributed by atoms with Crippen molar-refractivity contribution in [2.75, 3.05) is 12.4 Å². The van der Waals surface area contributed by atoms with Crippen LogP contribution in [-0.2, 0) is 21.5 Å². The van der Waals surface area contributed by atoms with Gasteiger partial charge in [0.15, 0.2) is 11.5 Å². The Morgan fingerprint density at radius 2 is 1.73 bits per heavy atom. The Kier molecular flexibility index (Phi) is 8.88. The number of halogens is 1. The van der Waals surface area contributed by atoms with Crippen molar-refractivity contribution in [3.63, 3.8) is 0 Å². The molecule has 0 fully saturated rings. The number of carbonyl (C=O) groups is 2. The lowest BCUT2D eigenvalue weighted by molar-refractivity contribution is -0.114. The van der Waals surface area contributed by atoms with Crippen LogP contribution >= 0.6 is 0 Å². The van der Waals surface area contributed by atoms with Crippen molar-refractivity contribution in [1.82, 2.24) is 4.90 Å². The van der Waals surface area contributed by atoms with Crippen molar-refractivity contribution in [1.29, 1.82) is 0 Å². The van der Waals surface area contributed by atoms with E-state index in [0.717, 1.165) is 0 Å². The minimum Gasteiger partial charge on any atom is -0.493 e. The van der Waals surface area contributed by atoms with E-state index in [-0.39, 0.29) is 46.4 Å². The molecule has 196 valence electrons. The first kappa shape index (κ1) is 27.7. The fraction of sp³-hybridized carbons (Fsp3) is 0.259. The SMILES string of the molecule is CC[C@H](C)N(Cc1ccc(OC)c(OS(=O)(=O)c2ccc(NC(C)=O)cc2)c1)C(=O)c1cccc(F)c1. The number of methoxy groups -OCH3 is 1. The lowest BCUT2D eigenvalue weighted by atomic mass is 10.1. The minimum absolute atomic E-state index is 0.0479. The zero-order valence-electron chi connectivity index (χ0n) is 21.0. The molecule has 2 amide bonds. The first-order valence-electron chi connectivity index (χ1n) is 11.6. The Morgan fingerprint density at radius 1 is 1.03 bits per heavy atom. The Labute approximate surface area is 216 Å². The molecule has 0 aliphatic heterocycles. The van der Waals surface area contributed by atoms with Crippen molar-refractivity contribution in [2.24, 2.45) is 0 Å². The Hall–Kier alpha value is -3.92. The molecule has 0 aliphatic rings. The van der Waals surface area contributed by atoms with Gasteiger partial charge in [0, 0.05) is 30.8 Å². The molecule has 0 bridgehead atoms. The van der Waals surface area contributed by atoms with Gasteiger partial charge in [-0.15, -0.1) is 0 Å². The fourth-order valence-corrected chi connectivity index (χ4v) is 4.52. The number of ether oxygens (including phenoxy) is 1. The normalized spacial score (nSPS) is 11.9. The van der Waals surface area contributed by atoms with Crippen LogP contribution in [0.4, 0.5) is 10.1 Å². The van der Waals surface area contributed by atoms with Gasteiger partial charge in [0.05, 0.1) is 7.11 Å². The average Bonchev–Trinajstić information content (AvgIpc) is 2.86. The van der Waals surface area contributed by atoms with E-state index in [4.69, 9.17) is 8.92 Å². The quantitative estimate of drug-likeness (QED) is 0.372. The maximum absolute atomic E-state index is 13.7. The van der Waals surface area contributed by atoms with Gasteiger partial charge in [-0.2, -0.15) is 8.42 Å². The molecule has 0 saturated carbocycles. The number of anilines is 1. The van der Waals surface area contributed by atoms with Gasteiger partial charge in [-0.25, -0.2) is 4.39 Å². The second kappa shape index (κ2) is 11.9. The predicted octanol–water partition coefficient (Wildman–Crippen LogP) is 5.00. The van der Waals surface area contributed by atoms with Gasteiger partial charge in [0.25, 0.3) is 5.91 Å². The third-order valence-corrected chi connectivity index (χ3v) is 6.95. The van der Waals surface area contributed by atoms with Gasteiger partial charge >= 0.3 is 10.1 Å². The van der Waals surface area contributed by atoms with E-state index in [2.05, 4.69) is 5.32 Å². The van der Waals surface area contributed by atoms with E-state index in [1.54, 1.807) is 23.1 Å². The van der Waals surface area contributed by atoms with E-state index >= 15 is 0 Å². The molecule has 1 atom stereocenters. The summed E-state index contributed by atoms with van der Waals surface area (Å²) in [5.41, 5.74) is 1.26. The topological polar surface area (TPSA) is 102 Å². The number of amides is 2. The van der Waals surface area contributed by atoms with Crippen LogP contribution in [-0.4, -0.2) is 38.3 Å².